The van der Waals surface area contributed by atoms with Gasteiger partial charge < -0.3 is 30.9 Å². The number of halogens is 2. The number of likely N-dealkylation sites (tertiary alicyclic amines) is 1. The predicted molar refractivity (Wildman–Crippen MR) is 129 cm³/mol. The minimum Gasteiger partial charge on any atom is -0.493 e. The maximum absolute atomic E-state index is 9.64. The molecule has 6 N–H and O–H groups in total. The van der Waals surface area contributed by atoms with Gasteiger partial charge in [-0.15, -0.1) is 0 Å². The van der Waals surface area contributed by atoms with Gasteiger partial charge in [-0.1, -0.05) is 23.2 Å². The highest BCUT2D eigenvalue weighted by atomic mass is 35.5. The third-order valence-corrected chi connectivity index (χ3v) is 5.33. The third-order valence-electron chi connectivity index (χ3n) is 4.61. The number of hydrogen-bond donors (Lipinski definition) is 5. The van der Waals surface area contributed by atoms with Crippen molar-refractivity contribution in [2.24, 2.45) is 11.7 Å². The Labute approximate surface area is 213 Å². The predicted octanol–water partition coefficient (Wildman–Crippen LogP) is 3.04. The molecule has 0 bridgehead atoms. The van der Waals surface area contributed by atoms with Crippen LogP contribution in [0.3, 0.4) is 0 Å². The highest BCUT2D eigenvalue weighted by molar-refractivity contribution is 6.42. The molecule has 1 atom stereocenters. The molecule has 0 spiro atoms. The standard InChI is InChI=1S/C14H20Cl2N2O.2C4H6O4/c1-2-19-14-6-13(16)12(15)5-11(14)9-18-4-3-10(7-17)8-18;2*5-3(6)1-2-4(7)8/h5-6,10H,2-4,7-9,17H2,1H3;2*1-2H2,(H,5,6)(H,7,8)/t10-;;/m0../s1. The molecule has 1 aliphatic rings. The molecular formula is C22H32Cl2N2O9. The molecule has 0 aliphatic carbocycles. The Morgan fingerprint density at radius 2 is 1.40 bits per heavy atom. The van der Waals surface area contributed by atoms with Gasteiger partial charge in [0.15, 0.2) is 0 Å². The van der Waals surface area contributed by atoms with E-state index in [0.29, 0.717) is 22.6 Å². The summed E-state index contributed by atoms with van der Waals surface area (Å²) in [4.78, 5) is 41.0. The molecule has 13 heteroatoms. The van der Waals surface area contributed by atoms with Crippen molar-refractivity contribution in [3.8, 4) is 5.75 Å². The molecule has 0 radical (unpaired) electrons. The van der Waals surface area contributed by atoms with E-state index in [-0.39, 0.29) is 25.7 Å². The van der Waals surface area contributed by atoms with E-state index in [0.717, 1.165) is 37.5 Å². The number of carboxylic acid groups (broad SMARTS) is 4. The Bertz CT molecular complexity index is 796. The average molecular weight is 539 g/mol. The van der Waals surface area contributed by atoms with Crippen LogP contribution in [-0.4, -0.2) is 75.4 Å². The minimum absolute atomic E-state index is 0.296. The lowest BCUT2D eigenvalue weighted by Crippen LogP contribution is -2.23. The normalized spacial score (nSPS) is 14.7. The van der Waals surface area contributed by atoms with Crippen molar-refractivity contribution in [3.63, 3.8) is 0 Å². The number of nitrogens with two attached hydrogens (primary N) is 1. The first-order chi connectivity index (χ1) is 16.4. The largest absolute Gasteiger partial charge is 0.493 e. The van der Waals surface area contributed by atoms with Gasteiger partial charge in [0.1, 0.15) is 5.75 Å². The number of benzene rings is 1. The fourth-order valence-electron chi connectivity index (χ4n) is 2.90. The number of hydrogen-bond acceptors (Lipinski definition) is 7. The molecule has 0 amide bonds. The maximum atomic E-state index is 9.64. The average Bonchev–Trinajstić information content (AvgIpc) is 3.23. The summed E-state index contributed by atoms with van der Waals surface area (Å²) in [5, 5.41) is 32.7. The number of carbonyl (C=O) groups is 4. The summed E-state index contributed by atoms with van der Waals surface area (Å²) in [5.74, 6) is -2.87. The van der Waals surface area contributed by atoms with Gasteiger partial charge in [0.2, 0.25) is 0 Å². The van der Waals surface area contributed by atoms with Crippen molar-refractivity contribution < 1.29 is 44.3 Å². The van der Waals surface area contributed by atoms with Crippen molar-refractivity contribution in [2.75, 3.05) is 26.2 Å². The van der Waals surface area contributed by atoms with Gasteiger partial charge in [0, 0.05) is 24.7 Å². The number of aliphatic carboxylic acids is 4. The molecule has 0 saturated carbocycles. The molecule has 1 aromatic rings. The summed E-state index contributed by atoms with van der Waals surface area (Å²) in [7, 11) is 0. The third kappa shape index (κ3) is 15.8. The van der Waals surface area contributed by atoms with Crippen LogP contribution in [0.25, 0.3) is 0 Å². The van der Waals surface area contributed by atoms with Gasteiger partial charge in [0.25, 0.3) is 0 Å². The van der Waals surface area contributed by atoms with Crippen molar-refractivity contribution in [2.45, 2.75) is 45.6 Å². The monoisotopic (exact) mass is 538 g/mol. The quantitative estimate of drug-likeness (QED) is 0.278. The van der Waals surface area contributed by atoms with Crippen LogP contribution in [0.1, 0.15) is 44.6 Å². The van der Waals surface area contributed by atoms with Crippen LogP contribution in [0.2, 0.25) is 10.0 Å². The molecule has 2 rings (SSSR count). The maximum Gasteiger partial charge on any atom is 0.303 e. The zero-order valence-electron chi connectivity index (χ0n) is 19.4. The Hall–Kier alpha value is -2.60. The van der Waals surface area contributed by atoms with Crippen LogP contribution < -0.4 is 10.5 Å². The zero-order valence-corrected chi connectivity index (χ0v) is 20.9. The minimum atomic E-state index is -1.08. The smallest absolute Gasteiger partial charge is 0.303 e. The van der Waals surface area contributed by atoms with Gasteiger partial charge >= 0.3 is 23.9 Å². The van der Waals surface area contributed by atoms with E-state index in [1.54, 1.807) is 6.07 Å². The van der Waals surface area contributed by atoms with Crippen LogP contribution in [-0.2, 0) is 25.7 Å². The van der Waals surface area contributed by atoms with Gasteiger partial charge in [-0.25, -0.2) is 0 Å². The summed E-state index contributed by atoms with van der Waals surface area (Å²) in [6.45, 7) is 6.30. The molecule has 0 unspecified atom stereocenters. The van der Waals surface area contributed by atoms with Crippen LogP contribution in [0, 0.1) is 5.92 Å². The lowest BCUT2D eigenvalue weighted by Gasteiger charge is -2.19. The highest BCUT2D eigenvalue weighted by Crippen LogP contribution is 2.32. The summed E-state index contributed by atoms with van der Waals surface area (Å²) in [5.41, 5.74) is 6.81. The van der Waals surface area contributed by atoms with E-state index in [1.807, 2.05) is 13.0 Å². The van der Waals surface area contributed by atoms with E-state index >= 15 is 0 Å². The lowest BCUT2D eigenvalue weighted by atomic mass is 10.1. The molecular weight excluding hydrogens is 507 g/mol. The second-order valence-electron chi connectivity index (χ2n) is 7.51. The number of nitrogens with zero attached hydrogens (tertiary/aromatic N) is 1. The first-order valence-electron chi connectivity index (χ1n) is 10.8. The second kappa shape index (κ2) is 17.8. The van der Waals surface area contributed by atoms with Crippen LogP contribution in [0.5, 0.6) is 5.75 Å². The first kappa shape index (κ1) is 32.4. The summed E-state index contributed by atoms with van der Waals surface area (Å²) in [6.07, 6.45) is -0.0167. The molecule has 1 aliphatic heterocycles. The van der Waals surface area contributed by atoms with Crippen LogP contribution in [0.15, 0.2) is 12.1 Å². The molecule has 1 fully saturated rings. The van der Waals surface area contributed by atoms with Crippen LogP contribution >= 0.6 is 23.2 Å². The summed E-state index contributed by atoms with van der Waals surface area (Å²) in [6, 6.07) is 3.71. The van der Waals surface area contributed by atoms with Crippen molar-refractivity contribution in [1.29, 1.82) is 0 Å². The van der Waals surface area contributed by atoms with Crippen molar-refractivity contribution in [1.82, 2.24) is 4.90 Å². The fourth-order valence-corrected chi connectivity index (χ4v) is 3.24. The SMILES string of the molecule is CCOc1cc(Cl)c(Cl)cc1CN1CC[C@@H](CN)C1.O=C(O)CCC(=O)O.O=C(O)CCC(=O)O. The fraction of sp³-hybridized carbons (Fsp3) is 0.545. The molecule has 198 valence electrons. The van der Waals surface area contributed by atoms with Crippen molar-refractivity contribution in [3.05, 3.63) is 27.7 Å². The number of ether oxygens (including phenoxy) is 1. The van der Waals surface area contributed by atoms with Gasteiger partial charge in [0.05, 0.1) is 42.3 Å². The number of carboxylic acids is 4. The lowest BCUT2D eigenvalue weighted by molar-refractivity contribution is -0.143. The van der Waals surface area contributed by atoms with Gasteiger partial charge in [-0.3, -0.25) is 24.1 Å². The molecule has 1 heterocycles. The van der Waals surface area contributed by atoms with E-state index in [9.17, 15) is 19.2 Å². The van der Waals surface area contributed by atoms with Gasteiger partial charge in [-0.2, -0.15) is 0 Å². The summed E-state index contributed by atoms with van der Waals surface area (Å²) >= 11 is 12.1. The molecule has 1 aromatic carbocycles. The highest BCUT2D eigenvalue weighted by Gasteiger charge is 2.22. The Kier molecular flexibility index (Phi) is 16.5. The van der Waals surface area contributed by atoms with E-state index in [2.05, 4.69) is 4.90 Å². The molecule has 35 heavy (non-hydrogen) atoms. The van der Waals surface area contributed by atoms with Gasteiger partial charge in [-0.05, 0) is 38.4 Å². The first-order valence-corrected chi connectivity index (χ1v) is 11.5. The van der Waals surface area contributed by atoms with Crippen molar-refractivity contribution >= 4 is 47.1 Å². The van der Waals surface area contributed by atoms with E-state index in [1.165, 1.54) is 6.42 Å². The topological polar surface area (TPSA) is 188 Å². The molecule has 0 aromatic heterocycles. The van der Waals surface area contributed by atoms with E-state index < -0.39 is 23.9 Å². The number of rotatable bonds is 11. The Morgan fingerprint density at radius 1 is 0.943 bits per heavy atom. The Balaban J connectivity index is 0.000000601. The second-order valence-corrected chi connectivity index (χ2v) is 8.32. The van der Waals surface area contributed by atoms with Crippen LogP contribution in [0.4, 0.5) is 0 Å². The van der Waals surface area contributed by atoms with E-state index in [4.69, 9.17) is 54.1 Å². The zero-order chi connectivity index (χ0) is 27.0. The Morgan fingerprint density at radius 3 is 1.77 bits per heavy atom. The summed E-state index contributed by atoms with van der Waals surface area (Å²) < 4.78 is 5.64. The molecule has 11 nitrogen and oxygen atoms in total. The molecule has 1 saturated heterocycles.